The van der Waals surface area contributed by atoms with E-state index in [0.29, 0.717) is 6.42 Å². The number of hydrogen-bond donors (Lipinski definition) is 0. The SMILES string of the molecule is CCCCCCCC(=O)CC(=O)C(=O)OC. The molecule has 0 spiro atoms. The minimum absolute atomic E-state index is 0.174. The predicted octanol–water partition coefficient (Wildman–Crippen LogP) is 2.05. The molecule has 0 aromatic carbocycles. The van der Waals surface area contributed by atoms with Crippen LogP contribution in [-0.4, -0.2) is 24.6 Å². The number of carbonyl (C=O) groups is 3. The summed E-state index contributed by atoms with van der Waals surface area (Å²) >= 11 is 0. The fourth-order valence-corrected chi connectivity index (χ4v) is 1.38. The maximum atomic E-state index is 11.3. The van der Waals surface area contributed by atoms with E-state index in [0.717, 1.165) is 32.8 Å². The topological polar surface area (TPSA) is 60.4 Å². The van der Waals surface area contributed by atoms with Crippen LogP contribution in [0, 0.1) is 0 Å². The van der Waals surface area contributed by atoms with Crippen LogP contribution in [0.2, 0.25) is 0 Å². The monoisotopic (exact) mass is 228 g/mol. The van der Waals surface area contributed by atoms with Gasteiger partial charge < -0.3 is 4.74 Å². The molecule has 0 aliphatic rings. The summed E-state index contributed by atoms with van der Waals surface area (Å²) in [5.41, 5.74) is 0. The van der Waals surface area contributed by atoms with Gasteiger partial charge >= 0.3 is 5.97 Å². The van der Waals surface area contributed by atoms with Gasteiger partial charge in [-0.3, -0.25) is 9.59 Å². The molecule has 0 atom stereocenters. The van der Waals surface area contributed by atoms with E-state index in [4.69, 9.17) is 0 Å². The number of ketones is 2. The molecule has 0 fully saturated rings. The molecule has 0 heterocycles. The van der Waals surface area contributed by atoms with E-state index < -0.39 is 11.8 Å². The van der Waals surface area contributed by atoms with Gasteiger partial charge in [0.25, 0.3) is 0 Å². The second kappa shape index (κ2) is 9.07. The van der Waals surface area contributed by atoms with Crippen molar-refractivity contribution in [1.82, 2.24) is 0 Å². The average Bonchev–Trinajstić information content (AvgIpc) is 2.27. The van der Waals surface area contributed by atoms with Crippen molar-refractivity contribution in [1.29, 1.82) is 0 Å². The minimum atomic E-state index is -0.931. The number of rotatable bonds is 9. The zero-order valence-corrected chi connectivity index (χ0v) is 10.1. The predicted molar refractivity (Wildman–Crippen MR) is 60.0 cm³/mol. The van der Waals surface area contributed by atoms with Gasteiger partial charge in [-0.25, -0.2) is 4.79 Å². The van der Waals surface area contributed by atoms with Crippen LogP contribution in [0.4, 0.5) is 0 Å². The Kier molecular flexibility index (Phi) is 8.39. The molecule has 0 aliphatic carbocycles. The van der Waals surface area contributed by atoms with Crippen molar-refractivity contribution >= 4 is 17.5 Å². The smallest absolute Gasteiger partial charge is 0.374 e. The Balaban J connectivity index is 3.59. The Hall–Kier alpha value is -1.19. The van der Waals surface area contributed by atoms with Crippen molar-refractivity contribution in [3.8, 4) is 0 Å². The Morgan fingerprint density at radius 3 is 2.19 bits per heavy atom. The van der Waals surface area contributed by atoms with Crippen molar-refractivity contribution in [3.63, 3.8) is 0 Å². The molecule has 0 N–H and O–H groups in total. The molecule has 0 saturated heterocycles. The van der Waals surface area contributed by atoms with E-state index in [-0.39, 0.29) is 12.2 Å². The minimum Gasteiger partial charge on any atom is -0.463 e. The van der Waals surface area contributed by atoms with Gasteiger partial charge in [0, 0.05) is 6.42 Å². The number of carbonyl (C=O) groups excluding carboxylic acids is 3. The van der Waals surface area contributed by atoms with Crippen LogP contribution >= 0.6 is 0 Å². The zero-order chi connectivity index (χ0) is 12.4. The molecule has 0 saturated carbocycles. The molecular weight excluding hydrogens is 208 g/mol. The number of methoxy groups -OCH3 is 1. The van der Waals surface area contributed by atoms with E-state index >= 15 is 0 Å². The molecule has 0 unspecified atom stereocenters. The Labute approximate surface area is 96.4 Å². The van der Waals surface area contributed by atoms with E-state index in [1.54, 1.807) is 0 Å². The summed E-state index contributed by atoms with van der Waals surface area (Å²) in [5.74, 6) is -1.85. The Morgan fingerprint density at radius 2 is 1.62 bits per heavy atom. The standard InChI is InChI=1S/C12H20O4/c1-3-4-5-6-7-8-10(13)9-11(14)12(15)16-2/h3-9H2,1-2H3. The number of esters is 1. The third kappa shape index (κ3) is 7.15. The fraction of sp³-hybridized carbons (Fsp3) is 0.750. The van der Waals surface area contributed by atoms with Crippen LogP contribution in [-0.2, 0) is 19.1 Å². The highest BCUT2D eigenvalue weighted by atomic mass is 16.5. The molecule has 0 amide bonds. The second-order valence-electron chi connectivity index (χ2n) is 3.79. The summed E-state index contributed by atoms with van der Waals surface area (Å²) in [4.78, 5) is 33.0. The number of hydrogen-bond acceptors (Lipinski definition) is 4. The molecule has 0 bridgehead atoms. The third-order valence-electron chi connectivity index (χ3n) is 2.33. The second-order valence-corrected chi connectivity index (χ2v) is 3.79. The summed E-state index contributed by atoms with van der Waals surface area (Å²) in [6.45, 7) is 2.13. The number of unbranched alkanes of at least 4 members (excludes halogenated alkanes) is 4. The summed E-state index contributed by atoms with van der Waals surface area (Å²) in [6.07, 6.45) is 5.32. The molecule has 0 rings (SSSR count). The van der Waals surface area contributed by atoms with Crippen molar-refractivity contribution in [3.05, 3.63) is 0 Å². The van der Waals surface area contributed by atoms with Gasteiger partial charge in [-0.1, -0.05) is 32.6 Å². The van der Waals surface area contributed by atoms with Crippen LogP contribution in [0.25, 0.3) is 0 Å². The van der Waals surface area contributed by atoms with Crippen molar-refractivity contribution in [2.75, 3.05) is 7.11 Å². The summed E-state index contributed by atoms with van der Waals surface area (Å²) in [5, 5.41) is 0. The highest BCUT2D eigenvalue weighted by Crippen LogP contribution is 2.06. The molecule has 0 aliphatic heterocycles. The van der Waals surface area contributed by atoms with Crippen LogP contribution in [0.3, 0.4) is 0 Å². The largest absolute Gasteiger partial charge is 0.463 e. The van der Waals surface area contributed by atoms with Crippen molar-refractivity contribution < 1.29 is 19.1 Å². The van der Waals surface area contributed by atoms with Gasteiger partial charge in [-0.15, -0.1) is 0 Å². The molecule has 4 heteroatoms. The Morgan fingerprint density at radius 1 is 1.00 bits per heavy atom. The summed E-state index contributed by atoms with van der Waals surface area (Å²) < 4.78 is 4.23. The first-order valence-electron chi connectivity index (χ1n) is 5.74. The number of ether oxygens (including phenoxy) is 1. The lowest BCUT2D eigenvalue weighted by Gasteiger charge is -2.00. The molecule has 0 aromatic heterocycles. The van der Waals surface area contributed by atoms with Gasteiger partial charge in [0.2, 0.25) is 5.78 Å². The lowest BCUT2D eigenvalue weighted by Crippen LogP contribution is -2.19. The first kappa shape index (κ1) is 14.8. The zero-order valence-electron chi connectivity index (χ0n) is 10.1. The maximum Gasteiger partial charge on any atom is 0.374 e. The normalized spacial score (nSPS) is 9.88. The lowest BCUT2D eigenvalue weighted by atomic mass is 10.1. The average molecular weight is 228 g/mol. The van der Waals surface area contributed by atoms with Crippen LogP contribution < -0.4 is 0 Å². The van der Waals surface area contributed by atoms with Crippen LogP contribution in [0.5, 0.6) is 0 Å². The van der Waals surface area contributed by atoms with Gasteiger partial charge in [0.15, 0.2) is 0 Å². The molecule has 0 radical (unpaired) electrons. The van der Waals surface area contributed by atoms with E-state index in [1.165, 1.54) is 6.42 Å². The first-order valence-corrected chi connectivity index (χ1v) is 5.74. The quantitative estimate of drug-likeness (QED) is 0.262. The van der Waals surface area contributed by atoms with E-state index in [2.05, 4.69) is 11.7 Å². The molecular formula is C12H20O4. The number of Topliss-reactive ketones (excluding diaryl/α,β-unsaturated/α-hetero) is 2. The molecule has 92 valence electrons. The highest BCUT2D eigenvalue weighted by Gasteiger charge is 2.17. The third-order valence-corrected chi connectivity index (χ3v) is 2.33. The first-order chi connectivity index (χ1) is 7.61. The summed E-state index contributed by atoms with van der Waals surface area (Å²) in [7, 11) is 1.13. The van der Waals surface area contributed by atoms with Gasteiger partial charge in [0.1, 0.15) is 5.78 Å². The fourth-order valence-electron chi connectivity index (χ4n) is 1.38. The highest BCUT2D eigenvalue weighted by molar-refractivity contribution is 6.37. The van der Waals surface area contributed by atoms with Crippen LogP contribution in [0.1, 0.15) is 51.9 Å². The van der Waals surface area contributed by atoms with Crippen LogP contribution in [0.15, 0.2) is 0 Å². The molecule has 4 nitrogen and oxygen atoms in total. The van der Waals surface area contributed by atoms with E-state index in [1.807, 2.05) is 0 Å². The van der Waals surface area contributed by atoms with Gasteiger partial charge in [-0.05, 0) is 6.42 Å². The lowest BCUT2D eigenvalue weighted by molar-refractivity contribution is -0.152. The van der Waals surface area contributed by atoms with Crippen molar-refractivity contribution in [2.45, 2.75) is 51.9 Å². The molecule has 0 aromatic rings. The van der Waals surface area contributed by atoms with E-state index in [9.17, 15) is 14.4 Å². The maximum absolute atomic E-state index is 11.3. The summed E-state index contributed by atoms with van der Waals surface area (Å²) in [6, 6.07) is 0. The van der Waals surface area contributed by atoms with Crippen molar-refractivity contribution in [2.24, 2.45) is 0 Å². The molecule has 16 heavy (non-hydrogen) atoms. The Bertz CT molecular complexity index is 245. The van der Waals surface area contributed by atoms with Gasteiger partial charge in [0.05, 0.1) is 13.5 Å². The van der Waals surface area contributed by atoms with Gasteiger partial charge in [-0.2, -0.15) is 0 Å².